The predicted octanol–water partition coefficient (Wildman–Crippen LogP) is 3.01. The third-order valence-electron chi connectivity index (χ3n) is 4.61. The normalized spacial score (nSPS) is 17.4. The molecule has 0 saturated heterocycles. The number of amides is 1. The van der Waals surface area contributed by atoms with Crippen molar-refractivity contribution in [3.05, 3.63) is 59.2 Å². The zero-order chi connectivity index (χ0) is 19.8. The highest BCUT2D eigenvalue weighted by atomic mass is 32.2. The molecule has 2 N–H and O–H groups in total. The number of aryl methyl sites for hydroxylation is 2. The van der Waals surface area contributed by atoms with Crippen LogP contribution in [0.3, 0.4) is 0 Å². The maximum atomic E-state index is 12.8. The van der Waals surface area contributed by atoms with Crippen molar-refractivity contribution in [3.8, 4) is 0 Å². The Kier molecular flexibility index (Phi) is 5.06. The quantitative estimate of drug-likeness (QED) is 0.848. The van der Waals surface area contributed by atoms with Crippen LogP contribution in [0, 0.1) is 19.8 Å². The Balaban J connectivity index is 1.91. The Morgan fingerprint density at radius 1 is 1.07 bits per heavy atom. The summed E-state index contributed by atoms with van der Waals surface area (Å²) in [6.45, 7) is 7.75. The molecule has 6 nitrogen and oxygen atoms in total. The van der Waals surface area contributed by atoms with Crippen LogP contribution in [0.5, 0.6) is 0 Å². The van der Waals surface area contributed by atoms with Gasteiger partial charge in [0.15, 0.2) is 0 Å². The maximum absolute atomic E-state index is 12.8. The first-order chi connectivity index (χ1) is 12.7. The number of fused-ring (bicyclic) bond motifs is 1. The molecule has 0 bridgehead atoms. The van der Waals surface area contributed by atoms with Crippen LogP contribution in [-0.2, 0) is 14.8 Å². The number of hydrogen-bond donors (Lipinski definition) is 2. The van der Waals surface area contributed by atoms with E-state index in [4.69, 9.17) is 0 Å². The maximum Gasteiger partial charge on any atom is 0.263 e. The van der Waals surface area contributed by atoms with E-state index in [0.717, 1.165) is 11.1 Å². The Bertz CT molecular complexity index is 1030. The molecule has 2 aromatic carbocycles. The summed E-state index contributed by atoms with van der Waals surface area (Å²) in [6.07, 6.45) is 0. The van der Waals surface area contributed by atoms with Crippen molar-refractivity contribution in [2.75, 3.05) is 5.32 Å². The molecule has 0 saturated carbocycles. The number of rotatable bonds is 4. The van der Waals surface area contributed by atoms with Crippen LogP contribution in [0.25, 0.3) is 0 Å². The molecule has 0 aromatic heterocycles. The Morgan fingerprint density at radius 3 is 2.44 bits per heavy atom. The number of sulfonamides is 1. The molecule has 1 aliphatic heterocycles. The summed E-state index contributed by atoms with van der Waals surface area (Å²) in [5.74, 6) is -0.176. The molecule has 7 heteroatoms. The lowest BCUT2D eigenvalue weighted by molar-refractivity contribution is -0.118. The lowest BCUT2D eigenvalue weighted by Gasteiger charge is -2.18. The standard InChI is InChI=1S/C20H23N3O3S/c1-12(2)18(20(24)21-15-10-9-13(3)14(4)11-15)22-19-16-7-5-6-8-17(16)27(25,26)23-19/h5-12,18H,1-4H3,(H,21,24)(H,22,23)/t18-/m0/s1. The summed E-state index contributed by atoms with van der Waals surface area (Å²) in [5, 5.41) is 2.89. The molecule has 3 rings (SSSR count). The van der Waals surface area contributed by atoms with Gasteiger partial charge in [0.1, 0.15) is 11.9 Å². The highest BCUT2D eigenvalue weighted by Gasteiger charge is 2.32. The van der Waals surface area contributed by atoms with E-state index in [-0.39, 0.29) is 22.6 Å². The summed E-state index contributed by atoms with van der Waals surface area (Å²) < 4.78 is 27.0. The Hall–Kier alpha value is -2.67. The average Bonchev–Trinajstić information content (AvgIpc) is 2.86. The van der Waals surface area contributed by atoms with Gasteiger partial charge >= 0.3 is 0 Å². The van der Waals surface area contributed by atoms with Crippen LogP contribution in [0.1, 0.15) is 30.5 Å². The second-order valence-corrected chi connectivity index (χ2v) is 8.71. The number of carbonyl (C=O) groups excluding carboxylic acids is 1. The largest absolute Gasteiger partial charge is 0.324 e. The van der Waals surface area contributed by atoms with Gasteiger partial charge in [-0.1, -0.05) is 32.0 Å². The lowest BCUT2D eigenvalue weighted by Crippen LogP contribution is -2.34. The second-order valence-electron chi connectivity index (χ2n) is 7.06. The van der Waals surface area contributed by atoms with Gasteiger partial charge in [-0.05, 0) is 55.2 Å². The minimum Gasteiger partial charge on any atom is -0.324 e. The minimum absolute atomic E-state index is 0.110. The van der Waals surface area contributed by atoms with Gasteiger partial charge in [0.25, 0.3) is 10.0 Å². The van der Waals surface area contributed by atoms with E-state index < -0.39 is 16.1 Å². The number of nitrogens with one attached hydrogen (secondary N) is 2. The molecular formula is C20H23N3O3S. The highest BCUT2D eigenvalue weighted by molar-refractivity contribution is 7.90. The second kappa shape index (κ2) is 7.15. The number of amidine groups is 1. The Morgan fingerprint density at radius 2 is 1.78 bits per heavy atom. The van der Waals surface area contributed by atoms with Crippen molar-refractivity contribution in [1.82, 2.24) is 4.72 Å². The third-order valence-corrected chi connectivity index (χ3v) is 6.00. The number of anilines is 1. The lowest BCUT2D eigenvalue weighted by atomic mass is 10.0. The van der Waals surface area contributed by atoms with E-state index in [1.54, 1.807) is 18.2 Å². The van der Waals surface area contributed by atoms with Gasteiger partial charge in [-0.3, -0.25) is 14.5 Å². The molecule has 1 aliphatic rings. The van der Waals surface area contributed by atoms with Crippen LogP contribution < -0.4 is 10.0 Å². The fourth-order valence-corrected chi connectivity index (χ4v) is 4.15. The predicted molar refractivity (Wildman–Crippen MR) is 106 cm³/mol. The van der Waals surface area contributed by atoms with Crippen molar-refractivity contribution in [2.24, 2.45) is 10.9 Å². The van der Waals surface area contributed by atoms with Gasteiger partial charge in [0.05, 0.1) is 4.90 Å². The molecule has 27 heavy (non-hydrogen) atoms. The molecule has 0 spiro atoms. The van der Waals surface area contributed by atoms with Crippen LogP contribution >= 0.6 is 0 Å². The van der Waals surface area contributed by atoms with Crippen LogP contribution in [0.2, 0.25) is 0 Å². The molecule has 0 radical (unpaired) electrons. The van der Waals surface area contributed by atoms with Crippen molar-refractivity contribution in [3.63, 3.8) is 0 Å². The van der Waals surface area contributed by atoms with Crippen LogP contribution in [-0.4, -0.2) is 26.2 Å². The average molecular weight is 385 g/mol. The number of nitrogens with zero attached hydrogens (tertiary/aromatic N) is 1. The van der Waals surface area contributed by atoms with Gasteiger partial charge in [-0.15, -0.1) is 0 Å². The van der Waals surface area contributed by atoms with E-state index in [0.29, 0.717) is 11.3 Å². The van der Waals surface area contributed by atoms with Crippen LogP contribution in [0.4, 0.5) is 5.69 Å². The monoisotopic (exact) mass is 385 g/mol. The molecule has 0 aliphatic carbocycles. The topological polar surface area (TPSA) is 87.6 Å². The Labute approximate surface area is 159 Å². The number of benzene rings is 2. The third kappa shape index (κ3) is 3.88. The zero-order valence-electron chi connectivity index (χ0n) is 15.8. The zero-order valence-corrected chi connectivity index (χ0v) is 16.6. The fourth-order valence-electron chi connectivity index (χ4n) is 2.91. The number of hydrogen-bond acceptors (Lipinski definition) is 4. The highest BCUT2D eigenvalue weighted by Crippen LogP contribution is 2.24. The summed E-state index contributed by atoms with van der Waals surface area (Å²) >= 11 is 0. The minimum atomic E-state index is -3.63. The van der Waals surface area contributed by atoms with Crippen molar-refractivity contribution in [1.29, 1.82) is 0 Å². The van der Waals surface area contributed by atoms with E-state index >= 15 is 0 Å². The van der Waals surface area contributed by atoms with Gasteiger partial charge in [0, 0.05) is 11.3 Å². The summed E-state index contributed by atoms with van der Waals surface area (Å²) in [5.41, 5.74) is 3.41. The van der Waals surface area contributed by atoms with Crippen LogP contribution in [0.15, 0.2) is 52.4 Å². The summed E-state index contributed by atoms with van der Waals surface area (Å²) in [6, 6.07) is 11.6. The molecule has 0 fully saturated rings. The molecular weight excluding hydrogens is 362 g/mol. The van der Waals surface area contributed by atoms with Crippen molar-refractivity contribution >= 4 is 27.5 Å². The fraction of sp³-hybridized carbons (Fsp3) is 0.300. The molecule has 1 amide bonds. The molecule has 1 heterocycles. The van der Waals surface area contributed by atoms with Gasteiger partial charge < -0.3 is 5.32 Å². The van der Waals surface area contributed by atoms with E-state index in [1.165, 1.54) is 6.07 Å². The number of aliphatic imine (C=N–C) groups is 1. The SMILES string of the molecule is Cc1ccc(NC(=O)[C@@H](N=C2NS(=O)(=O)c3ccccc32)C(C)C)cc1C. The molecule has 1 atom stereocenters. The summed E-state index contributed by atoms with van der Waals surface area (Å²) in [7, 11) is -3.63. The first kappa shape index (κ1) is 19.1. The molecule has 142 valence electrons. The summed E-state index contributed by atoms with van der Waals surface area (Å²) in [4.78, 5) is 17.5. The molecule has 0 unspecified atom stereocenters. The first-order valence-electron chi connectivity index (χ1n) is 8.77. The van der Waals surface area contributed by atoms with Gasteiger partial charge in [-0.25, -0.2) is 8.42 Å². The van der Waals surface area contributed by atoms with Gasteiger partial charge in [-0.2, -0.15) is 0 Å². The first-order valence-corrected chi connectivity index (χ1v) is 10.3. The number of carbonyl (C=O) groups is 1. The smallest absolute Gasteiger partial charge is 0.263 e. The van der Waals surface area contributed by atoms with Crippen molar-refractivity contribution < 1.29 is 13.2 Å². The van der Waals surface area contributed by atoms with Gasteiger partial charge in [0.2, 0.25) is 5.91 Å². The molecule has 2 aromatic rings. The van der Waals surface area contributed by atoms with E-state index in [1.807, 2.05) is 45.9 Å². The van der Waals surface area contributed by atoms with E-state index in [2.05, 4.69) is 15.0 Å². The van der Waals surface area contributed by atoms with Crippen molar-refractivity contribution in [2.45, 2.75) is 38.6 Å². The van der Waals surface area contributed by atoms with E-state index in [9.17, 15) is 13.2 Å².